The van der Waals surface area contributed by atoms with Crippen molar-refractivity contribution in [2.45, 2.75) is 69.5 Å². The number of fused-ring (bicyclic) bond motifs is 2. The van der Waals surface area contributed by atoms with Crippen molar-refractivity contribution in [1.82, 2.24) is 5.32 Å². The molecule has 2 nitrogen and oxygen atoms in total. The van der Waals surface area contributed by atoms with Crippen molar-refractivity contribution in [1.29, 1.82) is 0 Å². The Labute approximate surface area is 93.0 Å². The van der Waals surface area contributed by atoms with Gasteiger partial charge in [0.2, 0.25) is 0 Å². The summed E-state index contributed by atoms with van der Waals surface area (Å²) in [6.45, 7) is 0. The molecule has 2 heteroatoms. The Morgan fingerprint density at radius 1 is 0.933 bits per heavy atom. The Bertz CT molecular complexity index is 229. The summed E-state index contributed by atoms with van der Waals surface area (Å²) in [7, 11) is 0. The maximum atomic E-state index is 6.04. The van der Waals surface area contributed by atoms with Crippen LogP contribution in [0.2, 0.25) is 0 Å². The predicted molar refractivity (Wildman–Crippen MR) is 62.6 cm³/mol. The van der Waals surface area contributed by atoms with Gasteiger partial charge in [-0.1, -0.05) is 12.8 Å². The van der Waals surface area contributed by atoms with E-state index in [4.69, 9.17) is 5.73 Å². The van der Waals surface area contributed by atoms with Crippen LogP contribution in [0.1, 0.15) is 51.4 Å². The Kier molecular flexibility index (Phi) is 2.73. The van der Waals surface area contributed by atoms with Gasteiger partial charge in [0.25, 0.3) is 0 Å². The van der Waals surface area contributed by atoms with E-state index in [9.17, 15) is 0 Å². The third-order valence-corrected chi connectivity index (χ3v) is 4.90. The first-order chi connectivity index (χ1) is 7.31. The molecule has 3 aliphatic carbocycles. The topological polar surface area (TPSA) is 38.0 Å². The van der Waals surface area contributed by atoms with Gasteiger partial charge < -0.3 is 11.1 Å². The normalized spacial score (nSPS) is 49.8. The van der Waals surface area contributed by atoms with Crippen LogP contribution >= 0.6 is 0 Å². The smallest absolute Gasteiger partial charge is 0.0101 e. The molecule has 0 aromatic heterocycles. The van der Waals surface area contributed by atoms with Gasteiger partial charge in [-0.05, 0) is 50.4 Å². The van der Waals surface area contributed by atoms with E-state index in [0.29, 0.717) is 6.04 Å². The predicted octanol–water partition coefficient (Wildman–Crippen LogP) is 2.03. The van der Waals surface area contributed by atoms with Crippen molar-refractivity contribution in [3.8, 4) is 0 Å². The van der Waals surface area contributed by atoms with Crippen molar-refractivity contribution in [2.24, 2.45) is 17.6 Å². The van der Waals surface area contributed by atoms with E-state index in [1.807, 2.05) is 0 Å². The van der Waals surface area contributed by atoms with Gasteiger partial charge in [-0.25, -0.2) is 0 Å². The van der Waals surface area contributed by atoms with Gasteiger partial charge in [0.1, 0.15) is 0 Å². The second kappa shape index (κ2) is 4.06. The molecule has 0 aromatic carbocycles. The average molecular weight is 208 g/mol. The van der Waals surface area contributed by atoms with E-state index >= 15 is 0 Å². The lowest BCUT2D eigenvalue weighted by Crippen LogP contribution is -2.46. The van der Waals surface area contributed by atoms with Crippen LogP contribution in [0.3, 0.4) is 0 Å². The molecule has 5 atom stereocenters. The van der Waals surface area contributed by atoms with Gasteiger partial charge in [0.05, 0.1) is 0 Å². The van der Waals surface area contributed by atoms with Gasteiger partial charge in [-0.2, -0.15) is 0 Å². The van der Waals surface area contributed by atoms with Crippen LogP contribution in [0.25, 0.3) is 0 Å². The van der Waals surface area contributed by atoms with E-state index < -0.39 is 0 Å². The van der Waals surface area contributed by atoms with E-state index in [1.54, 1.807) is 0 Å². The number of nitrogens with one attached hydrogen (secondary N) is 1. The SMILES string of the molecule is NC1CCCC(NC2CC3CCC2C3)C1. The zero-order chi connectivity index (χ0) is 10.3. The highest BCUT2D eigenvalue weighted by atomic mass is 15.0. The molecule has 0 amide bonds. The van der Waals surface area contributed by atoms with Gasteiger partial charge >= 0.3 is 0 Å². The lowest BCUT2D eigenvalue weighted by atomic mass is 9.89. The number of rotatable bonds is 2. The second-order valence-corrected chi connectivity index (χ2v) is 6.07. The highest BCUT2D eigenvalue weighted by molar-refractivity contribution is 4.96. The van der Waals surface area contributed by atoms with Gasteiger partial charge in [-0.15, -0.1) is 0 Å². The summed E-state index contributed by atoms with van der Waals surface area (Å²) in [5, 5.41) is 3.90. The first-order valence-electron chi connectivity index (χ1n) is 6.83. The number of hydrogen-bond donors (Lipinski definition) is 2. The zero-order valence-electron chi connectivity index (χ0n) is 9.62. The minimum atomic E-state index is 0.467. The largest absolute Gasteiger partial charge is 0.328 e. The summed E-state index contributed by atoms with van der Waals surface area (Å²) in [6, 6.07) is 2.05. The Balaban J connectivity index is 1.52. The molecule has 0 aliphatic heterocycles. The van der Waals surface area contributed by atoms with Gasteiger partial charge in [0.15, 0.2) is 0 Å². The molecule has 3 fully saturated rings. The summed E-state index contributed by atoms with van der Waals surface area (Å²) in [6.07, 6.45) is 11.1. The van der Waals surface area contributed by atoms with E-state index in [1.165, 1.54) is 51.4 Å². The van der Waals surface area contributed by atoms with E-state index in [0.717, 1.165) is 23.9 Å². The lowest BCUT2D eigenvalue weighted by molar-refractivity contribution is 0.265. The number of nitrogens with two attached hydrogens (primary N) is 1. The molecule has 0 aromatic rings. The molecule has 5 unspecified atom stereocenters. The summed E-state index contributed by atoms with van der Waals surface area (Å²) in [5.74, 6) is 2.07. The molecule has 86 valence electrons. The summed E-state index contributed by atoms with van der Waals surface area (Å²) >= 11 is 0. The van der Waals surface area contributed by atoms with Crippen LogP contribution in [-0.2, 0) is 0 Å². The van der Waals surface area contributed by atoms with Crippen molar-refractivity contribution in [3.05, 3.63) is 0 Å². The maximum absolute atomic E-state index is 6.04. The molecule has 3 aliphatic rings. The molecule has 3 N–H and O–H groups in total. The standard InChI is InChI=1S/C13H24N2/c14-11-2-1-3-12(8-11)15-13-7-9-4-5-10(13)6-9/h9-13,15H,1-8,14H2. The minimum absolute atomic E-state index is 0.467. The minimum Gasteiger partial charge on any atom is -0.328 e. The van der Waals surface area contributed by atoms with Crippen molar-refractivity contribution in [2.75, 3.05) is 0 Å². The highest BCUT2D eigenvalue weighted by Crippen LogP contribution is 2.44. The molecule has 15 heavy (non-hydrogen) atoms. The van der Waals surface area contributed by atoms with Crippen molar-refractivity contribution in [3.63, 3.8) is 0 Å². The molecular formula is C13H24N2. The fourth-order valence-corrected chi connectivity index (χ4v) is 4.13. The van der Waals surface area contributed by atoms with E-state index in [2.05, 4.69) is 5.32 Å². The highest BCUT2D eigenvalue weighted by Gasteiger charge is 2.40. The molecule has 0 saturated heterocycles. The van der Waals surface area contributed by atoms with Crippen LogP contribution in [0.5, 0.6) is 0 Å². The Morgan fingerprint density at radius 3 is 2.53 bits per heavy atom. The molecule has 2 bridgehead atoms. The van der Waals surface area contributed by atoms with Crippen molar-refractivity contribution >= 4 is 0 Å². The fourth-order valence-electron chi connectivity index (χ4n) is 4.13. The van der Waals surface area contributed by atoms with Crippen molar-refractivity contribution < 1.29 is 0 Å². The zero-order valence-corrected chi connectivity index (χ0v) is 9.62. The lowest BCUT2D eigenvalue weighted by Gasteiger charge is -2.33. The monoisotopic (exact) mass is 208 g/mol. The van der Waals surface area contributed by atoms with Crippen LogP contribution < -0.4 is 11.1 Å². The van der Waals surface area contributed by atoms with E-state index in [-0.39, 0.29) is 0 Å². The van der Waals surface area contributed by atoms with Crippen LogP contribution in [0.4, 0.5) is 0 Å². The summed E-state index contributed by atoms with van der Waals surface area (Å²) in [4.78, 5) is 0. The quantitative estimate of drug-likeness (QED) is 0.729. The molecule has 3 rings (SSSR count). The van der Waals surface area contributed by atoms with Gasteiger partial charge in [0, 0.05) is 18.1 Å². The fraction of sp³-hybridized carbons (Fsp3) is 1.00. The first kappa shape index (κ1) is 10.1. The van der Waals surface area contributed by atoms with Crippen LogP contribution in [-0.4, -0.2) is 18.1 Å². The van der Waals surface area contributed by atoms with Crippen LogP contribution in [0, 0.1) is 11.8 Å². The maximum Gasteiger partial charge on any atom is 0.0101 e. The molecular weight excluding hydrogens is 184 g/mol. The third-order valence-electron chi connectivity index (χ3n) is 4.90. The Hall–Kier alpha value is -0.0800. The third kappa shape index (κ3) is 2.07. The summed E-state index contributed by atoms with van der Waals surface area (Å²) < 4.78 is 0. The molecule has 0 spiro atoms. The van der Waals surface area contributed by atoms with Crippen LogP contribution in [0.15, 0.2) is 0 Å². The second-order valence-electron chi connectivity index (χ2n) is 6.07. The molecule has 3 saturated carbocycles. The average Bonchev–Trinajstić information content (AvgIpc) is 2.79. The molecule has 0 heterocycles. The first-order valence-corrected chi connectivity index (χ1v) is 6.83. The number of hydrogen-bond acceptors (Lipinski definition) is 2. The van der Waals surface area contributed by atoms with Gasteiger partial charge in [-0.3, -0.25) is 0 Å². The molecule has 0 radical (unpaired) electrons. The Morgan fingerprint density at radius 2 is 1.87 bits per heavy atom. The summed E-state index contributed by atoms with van der Waals surface area (Å²) in [5.41, 5.74) is 6.04.